The largest absolute Gasteiger partial charge is 0.427 e. The summed E-state index contributed by atoms with van der Waals surface area (Å²) >= 11 is 0. The molecule has 0 saturated heterocycles. The van der Waals surface area contributed by atoms with Crippen molar-refractivity contribution < 1.29 is 18.7 Å². The minimum Gasteiger partial charge on any atom is -0.427 e. The number of hydrogen-bond donors (Lipinski definition) is 1. The molecule has 1 aromatic carbocycles. The van der Waals surface area contributed by atoms with E-state index in [0.717, 1.165) is 16.6 Å². The number of aromatic amines is 1. The highest BCUT2D eigenvalue weighted by molar-refractivity contribution is 5.85. The Morgan fingerprint density at radius 1 is 1.55 bits per heavy atom. The summed E-state index contributed by atoms with van der Waals surface area (Å²) in [5, 5.41) is 0.953. The van der Waals surface area contributed by atoms with Crippen LogP contribution in [0.5, 0.6) is 0 Å². The van der Waals surface area contributed by atoms with Crippen LogP contribution in [0.2, 0.25) is 0 Å². The smallest absolute Gasteiger partial charge is 0.305 e. The topological polar surface area (TPSA) is 51.3 Å². The Morgan fingerprint density at radius 3 is 3.05 bits per heavy atom. The summed E-state index contributed by atoms with van der Waals surface area (Å²) in [7, 11) is 0. The van der Waals surface area contributed by atoms with E-state index >= 15 is 0 Å². The maximum atomic E-state index is 13.3. The Balaban J connectivity index is 2.21. The van der Waals surface area contributed by atoms with Gasteiger partial charge in [0.2, 0.25) is 0 Å². The van der Waals surface area contributed by atoms with Crippen LogP contribution in [0.1, 0.15) is 31.5 Å². The number of ether oxygens (including phenoxy) is 2. The molecule has 0 aliphatic carbocycles. The standard InChI is InChI=1S/C15H16FNO3/c1-3-15(20-9(2)18)14-12(6-7-19-15)11-5-4-10(16)8-13(11)17-14/h4-5,8,17H,3,6-7H2,1-2H3. The third-order valence-electron chi connectivity index (χ3n) is 3.71. The second kappa shape index (κ2) is 4.59. The third kappa shape index (κ3) is 1.89. The van der Waals surface area contributed by atoms with Crippen LogP contribution in [0, 0.1) is 5.82 Å². The van der Waals surface area contributed by atoms with Crippen molar-refractivity contribution in [3.8, 4) is 0 Å². The lowest BCUT2D eigenvalue weighted by molar-refractivity contribution is -0.245. The van der Waals surface area contributed by atoms with E-state index in [9.17, 15) is 9.18 Å². The van der Waals surface area contributed by atoms with Crippen LogP contribution in [-0.2, 0) is 26.5 Å². The molecule has 0 amide bonds. The first-order valence-electron chi connectivity index (χ1n) is 6.70. The molecule has 3 rings (SSSR count). The molecular formula is C15H16FNO3. The van der Waals surface area contributed by atoms with Gasteiger partial charge < -0.3 is 14.5 Å². The van der Waals surface area contributed by atoms with E-state index in [1.807, 2.05) is 6.92 Å². The van der Waals surface area contributed by atoms with E-state index in [2.05, 4.69) is 4.98 Å². The molecule has 0 spiro atoms. The molecule has 20 heavy (non-hydrogen) atoms. The highest BCUT2D eigenvalue weighted by Gasteiger charge is 2.42. The molecule has 1 unspecified atom stereocenters. The molecule has 1 aromatic heterocycles. The molecule has 1 atom stereocenters. The maximum Gasteiger partial charge on any atom is 0.305 e. The second-order valence-corrected chi connectivity index (χ2v) is 4.97. The molecule has 5 heteroatoms. The van der Waals surface area contributed by atoms with Gasteiger partial charge in [-0.05, 0) is 30.2 Å². The molecule has 4 nitrogen and oxygen atoms in total. The molecule has 0 bridgehead atoms. The Bertz CT molecular complexity index is 679. The Kier molecular flexibility index (Phi) is 3.01. The first kappa shape index (κ1) is 13.1. The molecule has 0 saturated carbocycles. The fraction of sp³-hybridized carbons (Fsp3) is 0.400. The van der Waals surface area contributed by atoms with Gasteiger partial charge in [-0.15, -0.1) is 0 Å². The maximum absolute atomic E-state index is 13.3. The monoisotopic (exact) mass is 277 g/mol. The highest BCUT2D eigenvalue weighted by Crippen LogP contribution is 2.40. The number of hydrogen-bond acceptors (Lipinski definition) is 3. The van der Waals surface area contributed by atoms with Gasteiger partial charge in [0.15, 0.2) is 0 Å². The van der Waals surface area contributed by atoms with Gasteiger partial charge in [0.05, 0.1) is 12.3 Å². The fourth-order valence-corrected chi connectivity index (χ4v) is 2.87. The van der Waals surface area contributed by atoms with E-state index < -0.39 is 11.8 Å². The lowest BCUT2D eigenvalue weighted by Crippen LogP contribution is -2.39. The minimum atomic E-state index is -1.09. The van der Waals surface area contributed by atoms with E-state index in [1.165, 1.54) is 19.1 Å². The quantitative estimate of drug-likeness (QED) is 0.858. The number of esters is 1. The van der Waals surface area contributed by atoms with E-state index in [1.54, 1.807) is 6.07 Å². The second-order valence-electron chi connectivity index (χ2n) is 4.97. The van der Waals surface area contributed by atoms with Crippen molar-refractivity contribution in [3.63, 3.8) is 0 Å². The Morgan fingerprint density at radius 2 is 2.35 bits per heavy atom. The van der Waals surface area contributed by atoms with Gasteiger partial charge in [-0.25, -0.2) is 4.39 Å². The molecule has 1 N–H and O–H groups in total. The van der Waals surface area contributed by atoms with Crippen molar-refractivity contribution in [1.82, 2.24) is 4.98 Å². The molecule has 2 aromatic rings. The van der Waals surface area contributed by atoms with Gasteiger partial charge >= 0.3 is 5.97 Å². The zero-order valence-electron chi connectivity index (χ0n) is 11.5. The van der Waals surface area contributed by atoms with Gasteiger partial charge in [-0.3, -0.25) is 4.79 Å². The summed E-state index contributed by atoms with van der Waals surface area (Å²) in [5.74, 6) is -1.79. The van der Waals surface area contributed by atoms with Crippen LogP contribution in [0.4, 0.5) is 4.39 Å². The lowest BCUT2D eigenvalue weighted by Gasteiger charge is -2.35. The predicted molar refractivity (Wildman–Crippen MR) is 71.6 cm³/mol. The zero-order valence-corrected chi connectivity index (χ0v) is 11.5. The minimum absolute atomic E-state index is 0.299. The molecule has 1 aliphatic rings. The summed E-state index contributed by atoms with van der Waals surface area (Å²) in [5.41, 5.74) is 2.46. The van der Waals surface area contributed by atoms with E-state index in [0.29, 0.717) is 25.0 Å². The number of fused-ring (bicyclic) bond motifs is 3. The van der Waals surface area contributed by atoms with Gasteiger partial charge in [-0.2, -0.15) is 0 Å². The molecule has 0 radical (unpaired) electrons. The number of benzene rings is 1. The van der Waals surface area contributed by atoms with Crippen molar-refractivity contribution in [1.29, 1.82) is 0 Å². The lowest BCUT2D eigenvalue weighted by atomic mass is 9.98. The van der Waals surface area contributed by atoms with Crippen LogP contribution in [0.15, 0.2) is 18.2 Å². The number of nitrogens with one attached hydrogen (secondary N) is 1. The van der Waals surface area contributed by atoms with Crippen molar-refractivity contribution in [3.05, 3.63) is 35.3 Å². The summed E-state index contributed by atoms with van der Waals surface area (Å²) in [6.45, 7) is 3.72. The molecule has 1 aliphatic heterocycles. The van der Waals surface area contributed by atoms with Crippen molar-refractivity contribution >= 4 is 16.9 Å². The SMILES string of the molecule is CCC1(OC(C)=O)OCCc2c1[nH]c1cc(F)ccc21. The first-order valence-corrected chi connectivity index (χ1v) is 6.70. The van der Waals surface area contributed by atoms with Gasteiger partial charge in [0, 0.05) is 24.2 Å². The van der Waals surface area contributed by atoms with Crippen LogP contribution >= 0.6 is 0 Å². The van der Waals surface area contributed by atoms with Crippen LogP contribution in [-0.4, -0.2) is 17.6 Å². The van der Waals surface area contributed by atoms with Crippen LogP contribution < -0.4 is 0 Å². The highest BCUT2D eigenvalue weighted by atomic mass is 19.1. The molecule has 106 valence electrons. The molecule has 2 heterocycles. The Hall–Kier alpha value is -1.88. The molecule has 0 fully saturated rings. The number of halogens is 1. The van der Waals surface area contributed by atoms with Crippen molar-refractivity contribution in [2.45, 2.75) is 32.5 Å². The fourth-order valence-electron chi connectivity index (χ4n) is 2.87. The van der Waals surface area contributed by atoms with E-state index in [-0.39, 0.29) is 5.82 Å². The van der Waals surface area contributed by atoms with Crippen molar-refractivity contribution in [2.24, 2.45) is 0 Å². The first-order chi connectivity index (χ1) is 9.55. The number of carbonyl (C=O) groups is 1. The Labute approximate surface area is 115 Å². The number of carbonyl (C=O) groups excluding carboxylic acids is 1. The number of rotatable bonds is 2. The zero-order chi connectivity index (χ0) is 14.3. The summed E-state index contributed by atoms with van der Waals surface area (Å²) < 4.78 is 24.5. The normalized spacial score (nSPS) is 21.8. The van der Waals surface area contributed by atoms with Gasteiger partial charge in [0.25, 0.3) is 5.79 Å². The van der Waals surface area contributed by atoms with E-state index in [4.69, 9.17) is 9.47 Å². The number of H-pyrrole nitrogens is 1. The number of aromatic nitrogens is 1. The van der Waals surface area contributed by atoms with Gasteiger partial charge in [0.1, 0.15) is 5.82 Å². The average molecular weight is 277 g/mol. The summed E-state index contributed by atoms with van der Waals surface area (Å²) in [6, 6.07) is 4.63. The average Bonchev–Trinajstić information content (AvgIpc) is 2.77. The van der Waals surface area contributed by atoms with Crippen molar-refractivity contribution in [2.75, 3.05) is 6.61 Å². The summed E-state index contributed by atoms with van der Waals surface area (Å²) in [6.07, 6.45) is 1.21. The predicted octanol–water partition coefficient (Wildman–Crippen LogP) is 3.01. The van der Waals surface area contributed by atoms with Crippen LogP contribution in [0.25, 0.3) is 10.9 Å². The third-order valence-corrected chi connectivity index (χ3v) is 3.71. The molecular weight excluding hydrogens is 261 g/mol. The van der Waals surface area contributed by atoms with Crippen LogP contribution in [0.3, 0.4) is 0 Å². The summed E-state index contributed by atoms with van der Waals surface area (Å²) in [4.78, 5) is 14.5. The van der Waals surface area contributed by atoms with Gasteiger partial charge in [-0.1, -0.05) is 6.92 Å².